The molecule has 134 valence electrons. The van der Waals surface area contributed by atoms with Crippen LogP contribution in [0.15, 0.2) is 34.7 Å². The molecule has 2 aromatic rings. The maximum atomic E-state index is 12.5. The van der Waals surface area contributed by atoms with E-state index in [4.69, 9.17) is 9.52 Å². The Kier molecular flexibility index (Phi) is 5.08. The molecule has 2 atom stereocenters. The average Bonchev–Trinajstić information content (AvgIpc) is 3.05. The second-order valence-electron chi connectivity index (χ2n) is 6.74. The SMILES string of the molecule is CC(NC(=O)C(C)N1CCC(C(=O)O)CC1)c1cc2ccccc2o1. The minimum absolute atomic E-state index is 0.0678. The number of hydrogen-bond donors (Lipinski definition) is 2. The Morgan fingerprint density at radius 2 is 1.92 bits per heavy atom. The van der Waals surface area contributed by atoms with Crippen LogP contribution < -0.4 is 5.32 Å². The Hall–Kier alpha value is -2.34. The number of benzene rings is 1. The van der Waals surface area contributed by atoms with E-state index >= 15 is 0 Å². The monoisotopic (exact) mass is 344 g/mol. The standard InChI is InChI=1S/C19H24N2O4/c1-12(17-11-15-5-3-4-6-16(15)25-17)20-18(22)13(2)21-9-7-14(8-10-21)19(23)24/h3-6,11-14H,7-10H2,1-2H3,(H,20,22)(H,23,24). The number of carbonyl (C=O) groups excluding carboxylic acids is 1. The van der Waals surface area contributed by atoms with Crippen molar-refractivity contribution in [2.24, 2.45) is 5.92 Å². The number of hydrogen-bond acceptors (Lipinski definition) is 4. The van der Waals surface area contributed by atoms with Gasteiger partial charge < -0.3 is 14.8 Å². The van der Waals surface area contributed by atoms with Gasteiger partial charge in [-0.15, -0.1) is 0 Å². The summed E-state index contributed by atoms with van der Waals surface area (Å²) in [5, 5.41) is 13.1. The predicted molar refractivity (Wildman–Crippen MR) is 94.2 cm³/mol. The number of nitrogens with one attached hydrogen (secondary N) is 1. The van der Waals surface area contributed by atoms with Gasteiger partial charge in [-0.3, -0.25) is 14.5 Å². The van der Waals surface area contributed by atoms with Crippen LogP contribution in [0, 0.1) is 5.92 Å². The van der Waals surface area contributed by atoms with Crippen molar-refractivity contribution in [2.45, 2.75) is 38.8 Å². The molecule has 1 fully saturated rings. The average molecular weight is 344 g/mol. The number of piperidine rings is 1. The summed E-state index contributed by atoms with van der Waals surface area (Å²) < 4.78 is 5.80. The van der Waals surface area contributed by atoms with Crippen LogP contribution in [0.3, 0.4) is 0 Å². The van der Waals surface area contributed by atoms with Crippen molar-refractivity contribution in [1.82, 2.24) is 10.2 Å². The largest absolute Gasteiger partial charge is 0.481 e. The number of carboxylic acids is 1. The number of rotatable bonds is 5. The maximum absolute atomic E-state index is 12.5. The Bertz CT molecular complexity index is 729. The Morgan fingerprint density at radius 1 is 1.24 bits per heavy atom. The minimum Gasteiger partial charge on any atom is -0.481 e. The first-order valence-electron chi connectivity index (χ1n) is 8.71. The molecule has 1 saturated heterocycles. The van der Waals surface area contributed by atoms with E-state index in [2.05, 4.69) is 5.32 Å². The van der Waals surface area contributed by atoms with E-state index in [0.29, 0.717) is 25.9 Å². The highest BCUT2D eigenvalue weighted by molar-refractivity contribution is 5.82. The van der Waals surface area contributed by atoms with E-state index in [-0.39, 0.29) is 23.9 Å². The van der Waals surface area contributed by atoms with Gasteiger partial charge in [0.15, 0.2) is 0 Å². The Labute approximate surface area is 146 Å². The van der Waals surface area contributed by atoms with Gasteiger partial charge in [0.25, 0.3) is 0 Å². The smallest absolute Gasteiger partial charge is 0.306 e. The van der Waals surface area contributed by atoms with E-state index in [9.17, 15) is 9.59 Å². The third kappa shape index (κ3) is 3.85. The van der Waals surface area contributed by atoms with Gasteiger partial charge in [0.1, 0.15) is 11.3 Å². The zero-order chi connectivity index (χ0) is 18.0. The normalized spacial score (nSPS) is 18.8. The van der Waals surface area contributed by atoms with Crippen molar-refractivity contribution in [3.05, 3.63) is 36.1 Å². The maximum Gasteiger partial charge on any atom is 0.306 e. The quantitative estimate of drug-likeness (QED) is 0.871. The molecular formula is C19H24N2O4. The van der Waals surface area contributed by atoms with Gasteiger partial charge in [0.05, 0.1) is 18.0 Å². The first-order valence-corrected chi connectivity index (χ1v) is 8.71. The number of carboxylic acid groups (broad SMARTS) is 1. The molecular weight excluding hydrogens is 320 g/mol. The zero-order valence-corrected chi connectivity index (χ0v) is 14.6. The van der Waals surface area contributed by atoms with E-state index in [0.717, 1.165) is 16.7 Å². The molecule has 0 aliphatic carbocycles. The van der Waals surface area contributed by atoms with Crippen molar-refractivity contribution in [3.63, 3.8) is 0 Å². The molecule has 0 radical (unpaired) electrons. The lowest BCUT2D eigenvalue weighted by Gasteiger charge is -2.34. The first-order chi connectivity index (χ1) is 12.0. The number of carbonyl (C=O) groups is 2. The molecule has 2 N–H and O–H groups in total. The summed E-state index contributed by atoms with van der Waals surface area (Å²) in [4.78, 5) is 25.6. The fourth-order valence-electron chi connectivity index (χ4n) is 3.32. The molecule has 2 heterocycles. The molecule has 0 saturated carbocycles. The number of para-hydroxylation sites is 1. The van der Waals surface area contributed by atoms with Gasteiger partial charge in [-0.25, -0.2) is 0 Å². The number of likely N-dealkylation sites (tertiary alicyclic amines) is 1. The van der Waals surface area contributed by atoms with Crippen LogP contribution in [-0.4, -0.2) is 41.0 Å². The van der Waals surface area contributed by atoms with Gasteiger partial charge in [-0.1, -0.05) is 18.2 Å². The fourth-order valence-corrected chi connectivity index (χ4v) is 3.32. The van der Waals surface area contributed by atoms with Gasteiger partial charge in [-0.05, 0) is 51.9 Å². The summed E-state index contributed by atoms with van der Waals surface area (Å²) in [5.74, 6) is -0.371. The predicted octanol–water partition coefficient (Wildman–Crippen LogP) is 2.80. The molecule has 1 aromatic carbocycles. The van der Waals surface area contributed by atoms with Crippen LogP contribution in [-0.2, 0) is 9.59 Å². The third-order valence-corrected chi connectivity index (χ3v) is 5.04. The molecule has 1 aromatic heterocycles. The topological polar surface area (TPSA) is 82.8 Å². The van der Waals surface area contributed by atoms with E-state index in [1.807, 2.05) is 49.1 Å². The summed E-state index contributed by atoms with van der Waals surface area (Å²) in [5.41, 5.74) is 0.808. The molecule has 3 rings (SSSR count). The van der Waals surface area contributed by atoms with Crippen molar-refractivity contribution < 1.29 is 19.1 Å². The highest BCUT2D eigenvalue weighted by Gasteiger charge is 2.30. The third-order valence-electron chi connectivity index (χ3n) is 5.04. The molecule has 2 unspecified atom stereocenters. The number of furan rings is 1. The van der Waals surface area contributed by atoms with Crippen LogP contribution >= 0.6 is 0 Å². The second kappa shape index (κ2) is 7.27. The summed E-state index contributed by atoms with van der Waals surface area (Å²) in [6.45, 7) is 5.02. The highest BCUT2D eigenvalue weighted by atomic mass is 16.4. The van der Waals surface area contributed by atoms with Gasteiger partial charge in [0, 0.05) is 5.39 Å². The van der Waals surface area contributed by atoms with Crippen molar-refractivity contribution >= 4 is 22.8 Å². The summed E-state index contributed by atoms with van der Waals surface area (Å²) >= 11 is 0. The summed E-state index contributed by atoms with van der Waals surface area (Å²) in [6.07, 6.45) is 1.18. The van der Waals surface area contributed by atoms with E-state index in [1.54, 1.807) is 0 Å². The van der Waals surface area contributed by atoms with Crippen molar-refractivity contribution in [2.75, 3.05) is 13.1 Å². The van der Waals surface area contributed by atoms with Crippen molar-refractivity contribution in [3.8, 4) is 0 Å². The Morgan fingerprint density at radius 3 is 2.56 bits per heavy atom. The lowest BCUT2D eigenvalue weighted by atomic mass is 9.96. The molecule has 0 bridgehead atoms. The van der Waals surface area contributed by atoms with E-state index < -0.39 is 5.97 Å². The summed E-state index contributed by atoms with van der Waals surface area (Å²) in [7, 11) is 0. The molecule has 0 spiro atoms. The molecule has 1 aliphatic heterocycles. The van der Waals surface area contributed by atoms with Crippen LogP contribution in [0.25, 0.3) is 11.0 Å². The second-order valence-corrected chi connectivity index (χ2v) is 6.74. The molecule has 6 heteroatoms. The van der Waals surface area contributed by atoms with Crippen LogP contribution in [0.5, 0.6) is 0 Å². The minimum atomic E-state index is -0.740. The Balaban J connectivity index is 1.58. The molecule has 25 heavy (non-hydrogen) atoms. The number of aliphatic carboxylic acids is 1. The van der Waals surface area contributed by atoms with Crippen LogP contribution in [0.4, 0.5) is 0 Å². The van der Waals surface area contributed by atoms with E-state index in [1.165, 1.54) is 0 Å². The summed E-state index contributed by atoms with van der Waals surface area (Å²) in [6, 6.07) is 9.19. The van der Waals surface area contributed by atoms with Crippen molar-refractivity contribution in [1.29, 1.82) is 0 Å². The number of amides is 1. The van der Waals surface area contributed by atoms with Gasteiger partial charge in [0.2, 0.25) is 5.91 Å². The molecule has 1 aliphatic rings. The van der Waals surface area contributed by atoms with Gasteiger partial charge in [-0.2, -0.15) is 0 Å². The first kappa shape index (κ1) is 17.5. The number of nitrogens with zero attached hydrogens (tertiary/aromatic N) is 1. The zero-order valence-electron chi connectivity index (χ0n) is 14.6. The van der Waals surface area contributed by atoms with Gasteiger partial charge >= 0.3 is 5.97 Å². The lowest BCUT2D eigenvalue weighted by molar-refractivity contribution is -0.143. The number of fused-ring (bicyclic) bond motifs is 1. The molecule has 6 nitrogen and oxygen atoms in total. The van der Waals surface area contributed by atoms with Crippen LogP contribution in [0.1, 0.15) is 38.5 Å². The molecule has 1 amide bonds. The fraction of sp³-hybridized carbons (Fsp3) is 0.474. The van der Waals surface area contributed by atoms with Crippen LogP contribution in [0.2, 0.25) is 0 Å². The lowest BCUT2D eigenvalue weighted by Crippen LogP contribution is -2.49. The highest BCUT2D eigenvalue weighted by Crippen LogP contribution is 2.24.